The molecule has 2 aromatic rings. The highest BCUT2D eigenvalue weighted by Gasteiger charge is 2.16. The lowest BCUT2D eigenvalue weighted by atomic mass is 10.1. The van der Waals surface area contributed by atoms with Gasteiger partial charge in [-0.2, -0.15) is 5.10 Å². The van der Waals surface area contributed by atoms with Gasteiger partial charge in [0.1, 0.15) is 6.33 Å². The largest absolute Gasteiger partial charge is 0.370 e. The van der Waals surface area contributed by atoms with Crippen LogP contribution >= 0.6 is 0 Å². The number of hydrogen-bond donors (Lipinski definition) is 1. The standard InChI is InChI=1S/C16H24N4O/c1-12(2)21-15(14-8-6-5-7-9-14)10-17-13(3)16-18-11-20(4)19-16/h5-9,11-13,15,17H,10H2,1-4H3/t13-,15-/m0/s1. The molecule has 0 aliphatic carbocycles. The summed E-state index contributed by atoms with van der Waals surface area (Å²) in [6, 6.07) is 10.4. The molecular formula is C16H24N4O. The topological polar surface area (TPSA) is 52.0 Å². The molecule has 114 valence electrons. The summed E-state index contributed by atoms with van der Waals surface area (Å²) in [5.74, 6) is 0.800. The van der Waals surface area contributed by atoms with Gasteiger partial charge in [0.05, 0.1) is 18.2 Å². The van der Waals surface area contributed by atoms with Gasteiger partial charge in [-0.1, -0.05) is 30.3 Å². The average Bonchev–Trinajstić information content (AvgIpc) is 2.90. The van der Waals surface area contributed by atoms with E-state index in [1.165, 1.54) is 5.56 Å². The first-order valence-corrected chi connectivity index (χ1v) is 7.35. The summed E-state index contributed by atoms with van der Waals surface area (Å²) < 4.78 is 7.73. The summed E-state index contributed by atoms with van der Waals surface area (Å²) >= 11 is 0. The summed E-state index contributed by atoms with van der Waals surface area (Å²) in [4.78, 5) is 4.28. The zero-order chi connectivity index (χ0) is 15.2. The number of hydrogen-bond acceptors (Lipinski definition) is 4. The van der Waals surface area contributed by atoms with Gasteiger partial charge in [0.15, 0.2) is 5.82 Å². The molecule has 5 nitrogen and oxygen atoms in total. The van der Waals surface area contributed by atoms with Crippen LogP contribution in [0.2, 0.25) is 0 Å². The van der Waals surface area contributed by atoms with Crippen molar-refractivity contribution >= 4 is 0 Å². The van der Waals surface area contributed by atoms with Crippen LogP contribution in [0.3, 0.4) is 0 Å². The monoisotopic (exact) mass is 288 g/mol. The molecule has 5 heteroatoms. The van der Waals surface area contributed by atoms with Crippen LogP contribution in [-0.4, -0.2) is 27.4 Å². The van der Waals surface area contributed by atoms with Gasteiger partial charge in [0.2, 0.25) is 0 Å². The zero-order valence-corrected chi connectivity index (χ0v) is 13.2. The molecule has 0 bridgehead atoms. The maximum Gasteiger partial charge on any atom is 0.167 e. The lowest BCUT2D eigenvalue weighted by Crippen LogP contribution is -2.28. The molecule has 0 fully saturated rings. The lowest BCUT2D eigenvalue weighted by molar-refractivity contribution is 0.00578. The fraction of sp³-hybridized carbons (Fsp3) is 0.500. The molecule has 0 aliphatic heterocycles. The molecule has 2 rings (SSSR count). The van der Waals surface area contributed by atoms with Gasteiger partial charge in [0, 0.05) is 13.6 Å². The van der Waals surface area contributed by atoms with Crippen molar-refractivity contribution in [3.05, 3.63) is 48.0 Å². The zero-order valence-electron chi connectivity index (χ0n) is 13.2. The van der Waals surface area contributed by atoms with E-state index in [-0.39, 0.29) is 18.2 Å². The third-order valence-corrected chi connectivity index (χ3v) is 3.22. The predicted octanol–water partition coefficient (Wildman–Crippen LogP) is 2.63. The van der Waals surface area contributed by atoms with E-state index in [0.717, 1.165) is 12.4 Å². The molecule has 0 spiro atoms. The van der Waals surface area contributed by atoms with Crippen LogP contribution in [0.25, 0.3) is 0 Å². The first kappa shape index (κ1) is 15.7. The van der Waals surface area contributed by atoms with E-state index in [1.54, 1.807) is 11.0 Å². The Labute approximate surface area is 126 Å². The molecule has 0 radical (unpaired) electrons. The minimum Gasteiger partial charge on any atom is -0.370 e. The highest BCUT2D eigenvalue weighted by atomic mass is 16.5. The Balaban J connectivity index is 1.99. The molecule has 2 atom stereocenters. The van der Waals surface area contributed by atoms with Gasteiger partial charge in [0.25, 0.3) is 0 Å². The molecule has 0 saturated carbocycles. The Morgan fingerprint density at radius 1 is 1.19 bits per heavy atom. The van der Waals surface area contributed by atoms with Crippen molar-refractivity contribution in [3.8, 4) is 0 Å². The number of aryl methyl sites for hydroxylation is 1. The van der Waals surface area contributed by atoms with Crippen molar-refractivity contribution in [1.82, 2.24) is 20.1 Å². The Morgan fingerprint density at radius 3 is 2.48 bits per heavy atom. The number of rotatable bonds is 7. The molecule has 1 aromatic carbocycles. The van der Waals surface area contributed by atoms with Gasteiger partial charge in [-0.15, -0.1) is 0 Å². The summed E-state index contributed by atoms with van der Waals surface area (Å²) in [5, 5.41) is 7.78. The smallest absolute Gasteiger partial charge is 0.167 e. The first-order chi connectivity index (χ1) is 10.1. The molecule has 1 aromatic heterocycles. The van der Waals surface area contributed by atoms with E-state index in [4.69, 9.17) is 4.74 Å². The van der Waals surface area contributed by atoms with Gasteiger partial charge in [-0.25, -0.2) is 4.98 Å². The van der Waals surface area contributed by atoms with Crippen LogP contribution in [0, 0.1) is 0 Å². The highest BCUT2D eigenvalue weighted by Crippen LogP contribution is 2.19. The van der Waals surface area contributed by atoms with Crippen LogP contribution < -0.4 is 5.32 Å². The van der Waals surface area contributed by atoms with Crippen molar-refractivity contribution in [3.63, 3.8) is 0 Å². The highest BCUT2D eigenvalue weighted by molar-refractivity contribution is 5.18. The number of benzene rings is 1. The van der Waals surface area contributed by atoms with Crippen molar-refractivity contribution in [2.75, 3.05) is 6.54 Å². The molecule has 21 heavy (non-hydrogen) atoms. The molecule has 1 N–H and O–H groups in total. The van der Waals surface area contributed by atoms with Gasteiger partial charge >= 0.3 is 0 Å². The maximum atomic E-state index is 6.02. The summed E-state index contributed by atoms with van der Waals surface area (Å²) in [5.41, 5.74) is 1.18. The number of aromatic nitrogens is 3. The number of ether oxygens (including phenoxy) is 1. The van der Waals surface area contributed by atoms with Crippen molar-refractivity contribution < 1.29 is 4.74 Å². The SMILES string of the molecule is CC(C)O[C@@H](CN[C@@H](C)c1ncn(C)n1)c1ccccc1. The number of nitrogens with zero attached hydrogens (tertiary/aromatic N) is 3. The average molecular weight is 288 g/mol. The quantitative estimate of drug-likeness (QED) is 0.851. The Morgan fingerprint density at radius 2 is 1.90 bits per heavy atom. The lowest BCUT2D eigenvalue weighted by Gasteiger charge is -2.23. The second-order valence-corrected chi connectivity index (χ2v) is 5.49. The normalized spacial score (nSPS) is 14.3. The Hall–Kier alpha value is -1.72. The second-order valence-electron chi connectivity index (χ2n) is 5.49. The van der Waals surface area contributed by atoms with E-state index < -0.39 is 0 Å². The minimum absolute atomic E-state index is 0.0253. The second kappa shape index (κ2) is 7.33. The Bertz CT molecular complexity index is 538. The van der Waals surface area contributed by atoms with E-state index in [2.05, 4.69) is 48.3 Å². The predicted molar refractivity (Wildman–Crippen MR) is 82.8 cm³/mol. The molecule has 0 aliphatic rings. The first-order valence-electron chi connectivity index (χ1n) is 7.35. The van der Waals surface area contributed by atoms with Crippen LogP contribution in [0.4, 0.5) is 0 Å². The molecular weight excluding hydrogens is 264 g/mol. The van der Waals surface area contributed by atoms with Gasteiger partial charge in [-0.3, -0.25) is 4.68 Å². The summed E-state index contributed by atoms with van der Waals surface area (Å²) in [7, 11) is 1.87. The van der Waals surface area contributed by atoms with E-state index in [0.29, 0.717) is 0 Å². The van der Waals surface area contributed by atoms with Crippen molar-refractivity contribution in [2.45, 2.75) is 39.0 Å². The van der Waals surface area contributed by atoms with Crippen molar-refractivity contribution in [2.24, 2.45) is 7.05 Å². The van der Waals surface area contributed by atoms with Gasteiger partial charge in [-0.05, 0) is 26.3 Å². The fourth-order valence-electron chi connectivity index (χ4n) is 2.17. The minimum atomic E-state index is 0.0253. The third-order valence-electron chi connectivity index (χ3n) is 3.22. The molecule has 1 heterocycles. The molecule has 0 unspecified atom stereocenters. The van der Waals surface area contributed by atoms with E-state index >= 15 is 0 Å². The van der Waals surface area contributed by atoms with Crippen molar-refractivity contribution in [1.29, 1.82) is 0 Å². The van der Waals surface area contributed by atoms with Crippen LogP contribution in [0.1, 0.15) is 44.3 Å². The number of nitrogens with one attached hydrogen (secondary N) is 1. The van der Waals surface area contributed by atoms with E-state index in [9.17, 15) is 0 Å². The summed E-state index contributed by atoms with van der Waals surface area (Å²) in [6.07, 6.45) is 1.92. The molecule has 0 saturated heterocycles. The van der Waals surface area contributed by atoms with Crippen LogP contribution in [-0.2, 0) is 11.8 Å². The van der Waals surface area contributed by atoms with Crippen LogP contribution in [0.15, 0.2) is 36.7 Å². The maximum absolute atomic E-state index is 6.02. The Kier molecular flexibility index (Phi) is 5.47. The van der Waals surface area contributed by atoms with Gasteiger partial charge < -0.3 is 10.1 Å². The fourth-order valence-corrected chi connectivity index (χ4v) is 2.17. The summed E-state index contributed by atoms with van der Waals surface area (Å²) in [6.45, 7) is 6.90. The van der Waals surface area contributed by atoms with Crippen LogP contribution in [0.5, 0.6) is 0 Å². The third kappa shape index (κ3) is 4.65. The van der Waals surface area contributed by atoms with E-state index in [1.807, 2.05) is 25.2 Å². The molecule has 0 amide bonds.